The molecule has 6 nitrogen and oxygen atoms in total. The summed E-state index contributed by atoms with van der Waals surface area (Å²) in [6, 6.07) is 28.0. The van der Waals surface area contributed by atoms with E-state index in [1.165, 1.54) is 11.8 Å². The predicted octanol–water partition coefficient (Wildman–Crippen LogP) is 7.44. The Morgan fingerprint density at radius 2 is 1.48 bits per heavy atom. The molecule has 0 spiro atoms. The monoisotopic (exact) mass is 589 g/mol. The molecular weight excluding hydrogens is 565 g/mol. The van der Waals surface area contributed by atoms with Crippen LogP contribution in [0.3, 0.4) is 0 Å². The Labute approximate surface area is 246 Å². The van der Waals surface area contributed by atoms with Crippen LogP contribution in [0.4, 0.5) is 11.4 Å². The number of rotatable bonds is 9. The highest BCUT2D eigenvalue weighted by atomic mass is 35.5. The number of carbonyl (C=O) groups excluding carboxylic acids is 3. The van der Waals surface area contributed by atoms with Crippen molar-refractivity contribution in [3.63, 3.8) is 0 Å². The van der Waals surface area contributed by atoms with E-state index in [1.54, 1.807) is 78.9 Å². The third-order valence-corrected chi connectivity index (χ3v) is 7.16. The van der Waals surface area contributed by atoms with Gasteiger partial charge < -0.3 is 16.0 Å². The van der Waals surface area contributed by atoms with E-state index in [9.17, 15) is 14.4 Å². The molecule has 0 saturated heterocycles. The summed E-state index contributed by atoms with van der Waals surface area (Å²) in [5.74, 6) is -0.847. The Hall–Kier alpha value is -4.04. The summed E-state index contributed by atoms with van der Waals surface area (Å²) >= 11 is 13.4. The normalized spacial score (nSPS) is 11.0. The molecule has 0 radical (unpaired) electrons. The molecule has 40 heavy (non-hydrogen) atoms. The molecule has 0 unspecified atom stereocenters. The number of aryl methyl sites for hydroxylation is 1. The summed E-state index contributed by atoms with van der Waals surface area (Å²) < 4.78 is 0. The van der Waals surface area contributed by atoms with Gasteiger partial charge in [0.15, 0.2) is 0 Å². The summed E-state index contributed by atoms with van der Waals surface area (Å²) in [5, 5.41) is 9.51. The summed E-state index contributed by atoms with van der Waals surface area (Å²) in [6.07, 6.45) is 1.58. The van der Waals surface area contributed by atoms with Crippen molar-refractivity contribution in [2.24, 2.45) is 0 Å². The van der Waals surface area contributed by atoms with Crippen molar-refractivity contribution in [1.82, 2.24) is 5.32 Å². The van der Waals surface area contributed by atoms with Gasteiger partial charge in [0.05, 0.1) is 5.75 Å². The number of carbonyl (C=O) groups is 3. The SMILES string of the molecule is Cc1ccc(Cl)cc1NC(=O)CSc1ccc(NC(=O)/C(=C/c2ccc(Cl)cc2)NC(=O)c2ccccc2)cc1. The second-order valence-corrected chi connectivity index (χ2v) is 10.6. The van der Waals surface area contributed by atoms with Crippen molar-refractivity contribution in [1.29, 1.82) is 0 Å². The van der Waals surface area contributed by atoms with Crippen LogP contribution in [0.2, 0.25) is 10.0 Å². The van der Waals surface area contributed by atoms with Crippen LogP contribution in [0.15, 0.2) is 108 Å². The first-order valence-electron chi connectivity index (χ1n) is 12.2. The van der Waals surface area contributed by atoms with E-state index in [0.29, 0.717) is 32.5 Å². The van der Waals surface area contributed by atoms with E-state index >= 15 is 0 Å². The van der Waals surface area contributed by atoms with Gasteiger partial charge in [0.2, 0.25) is 5.91 Å². The molecule has 4 aromatic rings. The zero-order chi connectivity index (χ0) is 28.5. The smallest absolute Gasteiger partial charge is 0.272 e. The Morgan fingerprint density at radius 1 is 0.800 bits per heavy atom. The van der Waals surface area contributed by atoms with Gasteiger partial charge >= 0.3 is 0 Å². The lowest BCUT2D eigenvalue weighted by atomic mass is 10.1. The minimum absolute atomic E-state index is 0.0719. The number of amides is 3. The number of hydrogen-bond acceptors (Lipinski definition) is 4. The predicted molar refractivity (Wildman–Crippen MR) is 164 cm³/mol. The van der Waals surface area contributed by atoms with E-state index in [0.717, 1.165) is 10.5 Å². The van der Waals surface area contributed by atoms with Crippen molar-refractivity contribution in [3.8, 4) is 0 Å². The summed E-state index contributed by atoms with van der Waals surface area (Å²) in [7, 11) is 0. The molecule has 0 bridgehead atoms. The van der Waals surface area contributed by atoms with Crippen molar-refractivity contribution < 1.29 is 14.4 Å². The minimum Gasteiger partial charge on any atom is -0.325 e. The maximum atomic E-state index is 13.2. The molecule has 0 heterocycles. The fourth-order valence-corrected chi connectivity index (χ4v) is 4.56. The van der Waals surface area contributed by atoms with Crippen LogP contribution < -0.4 is 16.0 Å². The Bertz CT molecular complexity index is 1540. The topological polar surface area (TPSA) is 87.3 Å². The lowest BCUT2D eigenvalue weighted by molar-refractivity contribution is -0.114. The maximum Gasteiger partial charge on any atom is 0.272 e. The number of hydrogen-bond donors (Lipinski definition) is 3. The first-order chi connectivity index (χ1) is 19.3. The fourth-order valence-electron chi connectivity index (χ4n) is 3.57. The standard InChI is InChI=1S/C31H25Cl2N3O3S/c1-20-7-10-24(33)18-27(20)35-29(37)19-40-26-15-13-25(14-16-26)34-31(39)28(17-21-8-11-23(32)12-9-21)36-30(38)22-5-3-2-4-6-22/h2-18H,19H2,1H3,(H,34,39)(H,35,37)(H,36,38)/b28-17-. The molecule has 4 aromatic carbocycles. The first-order valence-corrected chi connectivity index (χ1v) is 13.9. The van der Waals surface area contributed by atoms with Gasteiger partial charge in [-0.1, -0.05) is 59.6 Å². The van der Waals surface area contributed by atoms with Gasteiger partial charge in [-0.3, -0.25) is 14.4 Å². The number of benzene rings is 4. The summed E-state index contributed by atoms with van der Waals surface area (Å²) in [6.45, 7) is 1.90. The van der Waals surface area contributed by atoms with Crippen LogP contribution in [0, 0.1) is 6.92 Å². The highest BCUT2D eigenvalue weighted by molar-refractivity contribution is 8.00. The Morgan fingerprint density at radius 3 is 2.17 bits per heavy atom. The van der Waals surface area contributed by atoms with E-state index < -0.39 is 11.8 Å². The molecular formula is C31H25Cl2N3O3S. The molecule has 0 fully saturated rings. The lowest BCUT2D eigenvalue weighted by Gasteiger charge is -2.12. The van der Waals surface area contributed by atoms with E-state index in [4.69, 9.17) is 23.2 Å². The van der Waals surface area contributed by atoms with Crippen LogP contribution in [0.25, 0.3) is 6.08 Å². The van der Waals surface area contributed by atoms with Crippen molar-refractivity contribution in [2.45, 2.75) is 11.8 Å². The average Bonchev–Trinajstić information content (AvgIpc) is 2.96. The molecule has 0 aliphatic rings. The maximum absolute atomic E-state index is 13.2. The molecule has 0 atom stereocenters. The largest absolute Gasteiger partial charge is 0.325 e. The lowest BCUT2D eigenvalue weighted by Crippen LogP contribution is -2.30. The van der Waals surface area contributed by atoms with Crippen LogP contribution in [-0.2, 0) is 9.59 Å². The van der Waals surface area contributed by atoms with E-state index in [-0.39, 0.29) is 17.4 Å². The van der Waals surface area contributed by atoms with Gasteiger partial charge in [-0.05, 0) is 84.8 Å². The molecule has 0 aliphatic heterocycles. The average molecular weight is 591 g/mol. The van der Waals surface area contributed by atoms with Gasteiger partial charge in [-0.25, -0.2) is 0 Å². The summed E-state index contributed by atoms with van der Waals surface area (Å²) in [4.78, 5) is 39.2. The first kappa shape index (κ1) is 29.0. The quantitative estimate of drug-likeness (QED) is 0.140. The van der Waals surface area contributed by atoms with Gasteiger partial charge in [-0.2, -0.15) is 0 Å². The third-order valence-electron chi connectivity index (χ3n) is 5.67. The van der Waals surface area contributed by atoms with E-state index in [1.807, 2.05) is 31.2 Å². The number of nitrogens with one attached hydrogen (secondary N) is 3. The molecule has 0 aliphatic carbocycles. The molecule has 202 valence electrons. The number of anilines is 2. The Kier molecular flexibility index (Phi) is 10.0. The zero-order valence-corrected chi connectivity index (χ0v) is 23.7. The minimum atomic E-state index is -0.490. The van der Waals surface area contributed by atoms with Gasteiger partial charge in [0, 0.05) is 31.9 Å². The third kappa shape index (κ3) is 8.48. The number of halogens is 2. The van der Waals surface area contributed by atoms with Crippen molar-refractivity contribution in [2.75, 3.05) is 16.4 Å². The second kappa shape index (κ2) is 13.8. The van der Waals surface area contributed by atoms with Crippen molar-refractivity contribution >= 4 is 70.1 Å². The molecule has 9 heteroatoms. The highest BCUT2D eigenvalue weighted by Gasteiger charge is 2.15. The second-order valence-electron chi connectivity index (χ2n) is 8.70. The molecule has 3 N–H and O–H groups in total. The molecule has 0 aromatic heterocycles. The van der Waals surface area contributed by atoms with Crippen LogP contribution in [-0.4, -0.2) is 23.5 Å². The van der Waals surface area contributed by atoms with E-state index in [2.05, 4.69) is 16.0 Å². The molecule has 4 rings (SSSR count). The zero-order valence-electron chi connectivity index (χ0n) is 21.4. The highest BCUT2D eigenvalue weighted by Crippen LogP contribution is 2.23. The van der Waals surface area contributed by atoms with Crippen LogP contribution in [0.1, 0.15) is 21.5 Å². The van der Waals surface area contributed by atoms with Gasteiger partial charge in [0.25, 0.3) is 11.8 Å². The van der Waals surface area contributed by atoms with Gasteiger partial charge in [0.1, 0.15) is 5.70 Å². The Balaban J connectivity index is 1.40. The van der Waals surface area contributed by atoms with Crippen molar-refractivity contribution in [3.05, 3.63) is 129 Å². The molecule has 0 saturated carbocycles. The number of thioether (sulfide) groups is 1. The molecule has 3 amide bonds. The van der Waals surface area contributed by atoms with Gasteiger partial charge in [-0.15, -0.1) is 11.8 Å². The fraction of sp³-hybridized carbons (Fsp3) is 0.0645. The van der Waals surface area contributed by atoms with Crippen LogP contribution >= 0.6 is 35.0 Å². The summed E-state index contributed by atoms with van der Waals surface area (Å²) in [5.41, 5.74) is 3.33. The van der Waals surface area contributed by atoms with Crippen LogP contribution in [0.5, 0.6) is 0 Å².